The number of hydrogen-bond donors (Lipinski definition) is 2. The number of sulfonamides is 1. The van der Waals surface area contributed by atoms with Crippen molar-refractivity contribution >= 4 is 33.3 Å². The molecule has 0 saturated heterocycles. The van der Waals surface area contributed by atoms with Crippen molar-refractivity contribution in [2.75, 3.05) is 11.9 Å². The van der Waals surface area contributed by atoms with E-state index in [2.05, 4.69) is 5.32 Å². The average molecular weight is 475 g/mol. The van der Waals surface area contributed by atoms with Gasteiger partial charge in [-0.2, -0.15) is 17.9 Å². The number of unbranched alkanes of at least 4 members (excludes halogenated alkanes) is 1. The monoisotopic (exact) mass is 475 g/mol. The first-order valence-electron chi connectivity index (χ1n) is 9.71. The van der Waals surface area contributed by atoms with Crippen molar-refractivity contribution in [1.82, 2.24) is 9.62 Å². The Hall–Kier alpha value is -2.73. The molecule has 1 aliphatic rings. The molecule has 0 aliphatic carbocycles. The van der Waals surface area contributed by atoms with Crippen molar-refractivity contribution < 1.29 is 36.0 Å². The van der Waals surface area contributed by atoms with Crippen LogP contribution in [0.3, 0.4) is 0 Å². The van der Waals surface area contributed by atoms with E-state index in [0.29, 0.717) is 12.8 Å². The third-order valence-electron chi connectivity index (χ3n) is 4.99. The summed E-state index contributed by atoms with van der Waals surface area (Å²) in [4.78, 5) is 36.6. The molecule has 32 heavy (non-hydrogen) atoms. The highest BCUT2D eigenvalue weighted by Gasteiger charge is 2.70. The fraction of sp³-hybridized carbons (Fsp3) is 0.450. The largest absolute Gasteiger partial charge is 0.421 e. The maximum atomic E-state index is 14.4. The number of allylic oxidation sites excluding steroid dienone is 1. The van der Waals surface area contributed by atoms with Crippen molar-refractivity contribution in [3.05, 3.63) is 35.5 Å². The van der Waals surface area contributed by atoms with E-state index >= 15 is 0 Å². The van der Waals surface area contributed by atoms with Crippen LogP contribution in [0.15, 0.2) is 40.4 Å². The van der Waals surface area contributed by atoms with Gasteiger partial charge in [-0.25, -0.2) is 8.42 Å². The Balaban J connectivity index is 2.61. The van der Waals surface area contributed by atoms with Gasteiger partial charge in [0.2, 0.25) is 21.5 Å². The van der Waals surface area contributed by atoms with Crippen molar-refractivity contribution in [2.45, 2.75) is 57.1 Å². The molecule has 0 fully saturated rings. The van der Waals surface area contributed by atoms with Gasteiger partial charge in [-0.05, 0) is 44.5 Å². The number of nitrogens with zero attached hydrogens (tertiary/aromatic N) is 1. The highest BCUT2D eigenvalue weighted by molar-refractivity contribution is 7.89. The van der Waals surface area contributed by atoms with Crippen LogP contribution in [0.25, 0.3) is 0 Å². The Morgan fingerprint density at radius 1 is 1.12 bits per heavy atom. The third-order valence-corrected chi connectivity index (χ3v) is 6.46. The van der Waals surface area contributed by atoms with Gasteiger partial charge in [-0.1, -0.05) is 13.3 Å². The molecule has 176 valence electrons. The van der Waals surface area contributed by atoms with Gasteiger partial charge < -0.3 is 10.2 Å². The van der Waals surface area contributed by atoms with E-state index in [9.17, 15) is 36.0 Å². The van der Waals surface area contributed by atoms with Crippen molar-refractivity contribution in [1.29, 1.82) is 0 Å². The molecule has 1 heterocycles. The number of amides is 2. The maximum absolute atomic E-state index is 14.4. The molecule has 0 unspecified atom stereocenters. The van der Waals surface area contributed by atoms with Crippen LogP contribution in [0, 0.1) is 0 Å². The van der Waals surface area contributed by atoms with Gasteiger partial charge in [-0.3, -0.25) is 14.4 Å². The average Bonchev–Trinajstić information content (AvgIpc) is 2.87. The van der Waals surface area contributed by atoms with Gasteiger partial charge in [0.1, 0.15) is 0 Å². The number of rotatable bonds is 8. The van der Waals surface area contributed by atoms with Gasteiger partial charge in [0.25, 0.3) is 5.91 Å². The SMILES string of the molecule is CCCCN1C(=O)[C@@](NS(=O)(=O)c2ccc(NC(C)=O)cc2)(C(F)(F)F)C(C(C)=O)=C1C. The predicted molar refractivity (Wildman–Crippen MR) is 110 cm³/mol. The quantitative estimate of drug-likeness (QED) is 0.600. The lowest BCUT2D eigenvalue weighted by atomic mass is 9.88. The zero-order valence-corrected chi connectivity index (χ0v) is 18.8. The number of benzene rings is 1. The molecule has 1 aromatic rings. The summed E-state index contributed by atoms with van der Waals surface area (Å²) in [7, 11) is -4.91. The fourth-order valence-electron chi connectivity index (χ4n) is 3.57. The number of alkyl halides is 3. The number of anilines is 1. The molecule has 2 N–H and O–H groups in total. The van der Waals surface area contributed by atoms with Crippen LogP contribution in [0.2, 0.25) is 0 Å². The van der Waals surface area contributed by atoms with Crippen LogP contribution in [0.5, 0.6) is 0 Å². The Morgan fingerprint density at radius 2 is 1.69 bits per heavy atom. The minimum Gasteiger partial charge on any atom is -0.326 e. The van der Waals surface area contributed by atoms with Crippen LogP contribution in [-0.4, -0.2) is 49.2 Å². The normalized spacial score (nSPS) is 19.5. The van der Waals surface area contributed by atoms with Crippen LogP contribution in [-0.2, 0) is 24.4 Å². The second-order valence-electron chi connectivity index (χ2n) is 7.39. The van der Waals surface area contributed by atoms with Crippen LogP contribution >= 0.6 is 0 Å². The lowest BCUT2D eigenvalue weighted by Gasteiger charge is -2.33. The number of ketones is 1. The summed E-state index contributed by atoms with van der Waals surface area (Å²) in [5, 5.41) is 2.40. The smallest absolute Gasteiger partial charge is 0.326 e. The Bertz CT molecular complexity index is 1060. The van der Waals surface area contributed by atoms with Gasteiger partial charge in [0.15, 0.2) is 5.78 Å². The van der Waals surface area contributed by atoms with Crippen LogP contribution < -0.4 is 10.0 Å². The zero-order valence-electron chi connectivity index (χ0n) is 18.0. The van der Waals surface area contributed by atoms with Crippen LogP contribution in [0.1, 0.15) is 40.5 Å². The summed E-state index contributed by atoms with van der Waals surface area (Å²) >= 11 is 0. The number of hydrogen-bond acceptors (Lipinski definition) is 5. The number of carbonyl (C=O) groups excluding carboxylic acids is 3. The lowest BCUT2D eigenvalue weighted by Crippen LogP contribution is -2.65. The van der Waals surface area contributed by atoms with Crippen molar-refractivity contribution in [2.24, 2.45) is 0 Å². The van der Waals surface area contributed by atoms with E-state index in [1.807, 2.05) is 0 Å². The van der Waals surface area contributed by atoms with E-state index in [1.165, 1.54) is 30.7 Å². The van der Waals surface area contributed by atoms with E-state index in [1.54, 1.807) is 6.92 Å². The first kappa shape index (κ1) is 25.5. The summed E-state index contributed by atoms with van der Waals surface area (Å²) in [6.45, 7) is 4.95. The van der Waals surface area contributed by atoms with E-state index < -0.39 is 49.8 Å². The summed E-state index contributed by atoms with van der Waals surface area (Å²) < 4.78 is 70.5. The summed E-state index contributed by atoms with van der Waals surface area (Å²) in [6, 6.07) is 4.34. The summed E-state index contributed by atoms with van der Waals surface area (Å²) in [5.74, 6) is -3.07. The summed E-state index contributed by atoms with van der Waals surface area (Å²) in [6.07, 6.45) is -4.51. The van der Waals surface area contributed by atoms with E-state index in [-0.39, 0.29) is 17.9 Å². The number of halogens is 3. The molecule has 1 aliphatic heterocycles. The number of nitrogens with one attached hydrogen (secondary N) is 2. The molecule has 1 aromatic carbocycles. The molecule has 2 amide bonds. The fourth-order valence-corrected chi connectivity index (χ4v) is 4.89. The Labute approximate surface area is 183 Å². The lowest BCUT2D eigenvalue weighted by molar-refractivity contribution is -0.188. The molecule has 2 rings (SSSR count). The molecule has 0 bridgehead atoms. The second-order valence-corrected chi connectivity index (χ2v) is 9.07. The molecule has 0 aromatic heterocycles. The first-order valence-corrected chi connectivity index (χ1v) is 11.2. The molecule has 12 heteroatoms. The number of Topliss-reactive ketones (excluding diaryl/α,β-unsaturated/α-hetero) is 1. The number of carbonyl (C=O) groups is 3. The molecule has 1 atom stereocenters. The molecular formula is C20H24F3N3O5S. The molecule has 0 saturated carbocycles. The van der Waals surface area contributed by atoms with Gasteiger partial charge in [0, 0.05) is 24.9 Å². The maximum Gasteiger partial charge on any atom is 0.421 e. The zero-order chi connectivity index (χ0) is 24.5. The predicted octanol–water partition coefficient (Wildman–Crippen LogP) is 2.73. The molecule has 8 nitrogen and oxygen atoms in total. The Morgan fingerprint density at radius 3 is 2.12 bits per heavy atom. The highest BCUT2D eigenvalue weighted by atomic mass is 32.2. The first-order chi connectivity index (χ1) is 14.7. The second kappa shape index (κ2) is 9.02. The van der Waals surface area contributed by atoms with Crippen molar-refractivity contribution in [3.8, 4) is 0 Å². The van der Waals surface area contributed by atoms with Gasteiger partial charge >= 0.3 is 6.18 Å². The van der Waals surface area contributed by atoms with Gasteiger partial charge in [0.05, 0.1) is 10.5 Å². The standard InChI is InChI=1S/C20H24F3N3O5S/c1-5-6-11-26-12(2)17(13(3)27)19(18(26)29,20(21,22)23)25-32(30,31)16-9-7-15(8-10-16)24-14(4)28/h7-10,25H,5-6,11H2,1-4H3,(H,24,28)/t19-/m1/s1. The topological polar surface area (TPSA) is 113 Å². The van der Waals surface area contributed by atoms with Crippen LogP contribution in [0.4, 0.5) is 18.9 Å². The molecule has 0 spiro atoms. The van der Waals surface area contributed by atoms with Crippen molar-refractivity contribution in [3.63, 3.8) is 0 Å². The third kappa shape index (κ3) is 4.56. The summed E-state index contributed by atoms with van der Waals surface area (Å²) in [5.41, 5.74) is -4.71. The molecular weight excluding hydrogens is 451 g/mol. The Kier molecular flexibility index (Phi) is 7.20. The van der Waals surface area contributed by atoms with E-state index in [4.69, 9.17) is 0 Å². The minimum atomic E-state index is -5.43. The highest BCUT2D eigenvalue weighted by Crippen LogP contribution is 2.45. The minimum absolute atomic E-state index is 0.0943. The van der Waals surface area contributed by atoms with Gasteiger partial charge in [-0.15, -0.1) is 0 Å². The molecule has 0 radical (unpaired) electrons. The van der Waals surface area contributed by atoms with E-state index in [0.717, 1.165) is 24.0 Å².